The van der Waals surface area contributed by atoms with Crippen molar-refractivity contribution in [2.45, 2.75) is 31.2 Å². The first-order chi connectivity index (χ1) is 6.22. The Labute approximate surface area is 82.3 Å². The maximum Gasteiger partial charge on any atom is 0.115 e. The molecule has 1 fully saturated rings. The summed E-state index contributed by atoms with van der Waals surface area (Å²) in [5.74, 6) is 0. The van der Waals surface area contributed by atoms with Gasteiger partial charge in [0.05, 0.1) is 16.3 Å². The third-order valence-electron chi connectivity index (χ3n) is 2.63. The van der Waals surface area contributed by atoms with Crippen LogP contribution in [-0.4, -0.2) is 9.97 Å². The fraction of sp³-hybridized carbons (Fsp3) is 0.556. The van der Waals surface area contributed by atoms with E-state index in [4.69, 9.17) is 17.3 Å². The van der Waals surface area contributed by atoms with Crippen molar-refractivity contribution in [2.24, 2.45) is 5.73 Å². The van der Waals surface area contributed by atoms with Gasteiger partial charge in [0.1, 0.15) is 6.33 Å². The van der Waals surface area contributed by atoms with E-state index in [0.717, 1.165) is 31.4 Å². The zero-order chi connectivity index (χ0) is 9.31. The third-order valence-corrected chi connectivity index (χ3v) is 2.91. The van der Waals surface area contributed by atoms with E-state index in [2.05, 4.69) is 9.97 Å². The van der Waals surface area contributed by atoms with Crippen molar-refractivity contribution in [3.05, 3.63) is 23.2 Å². The van der Waals surface area contributed by atoms with E-state index in [0.29, 0.717) is 5.02 Å². The van der Waals surface area contributed by atoms with Crippen LogP contribution >= 0.6 is 11.6 Å². The van der Waals surface area contributed by atoms with Gasteiger partial charge in [-0.2, -0.15) is 0 Å². The lowest BCUT2D eigenvalue weighted by atomic mass is 9.94. The molecular weight excluding hydrogens is 186 g/mol. The number of rotatable bonds is 1. The molecule has 0 atom stereocenters. The van der Waals surface area contributed by atoms with E-state index < -0.39 is 0 Å². The minimum absolute atomic E-state index is 0.306. The fourth-order valence-electron chi connectivity index (χ4n) is 1.92. The van der Waals surface area contributed by atoms with Crippen LogP contribution in [0.5, 0.6) is 0 Å². The van der Waals surface area contributed by atoms with E-state index in [1.54, 1.807) is 6.20 Å². The van der Waals surface area contributed by atoms with Crippen molar-refractivity contribution < 1.29 is 0 Å². The smallest absolute Gasteiger partial charge is 0.115 e. The fourth-order valence-corrected chi connectivity index (χ4v) is 2.22. The van der Waals surface area contributed by atoms with E-state index >= 15 is 0 Å². The summed E-state index contributed by atoms with van der Waals surface area (Å²) in [6.45, 7) is 0. The second-order valence-corrected chi connectivity index (χ2v) is 3.99. The number of hydrogen-bond donors (Lipinski definition) is 1. The van der Waals surface area contributed by atoms with Gasteiger partial charge in [-0.25, -0.2) is 9.97 Å². The molecule has 2 rings (SSSR count). The molecule has 2 N–H and O–H groups in total. The standard InChI is InChI=1S/C9H12ClN3/c10-7-5-12-6-13-8(7)9(11)3-1-2-4-9/h5-6H,1-4,11H2. The number of hydrogen-bond acceptors (Lipinski definition) is 3. The van der Waals surface area contributed by atoms with Crippen LogP contribution < -0.4 is 5.73 Å². The molecule has 1 aliphatic rings. The predicted molar refractivity (Wildman–Crippen MR) is 51.4 cm³/mol. The van der Waals surface area contributed by atoms with Gasteiger partial charge in [0, 0.05) is 6.20 Å². The first-order valence-corrected chi connectivity index (χ1v) is 4.85. The highest BCUT2D eigenvalue weighted by Gasteiger charge is 2.34. The molecule has 1 aromatic heterocycles. The Morgan fingerprint density at radius 2 is 2.08 bits per heavy atom. The van der Waals surface area contributed by atoms with E-state index in [1.807, 2.05) is 0 Å². The molecule has 70 valence electrons. The van der Waals surface area contributed by atoms with Crippen molar-refractivity contribution in [1.82, 2.24) is 9.97 Å². The van der Waals surface area contributed by atoms with Crippen molar-refractivity contribution in [1.29, 1.82) is 0 Å². The summed E-state index contributed by atoms with van der Waals surface area (Å²) < 4.78 is 0. The normalized spacial score (nSPS) is 20.5. The van der Waals surface area contributed by atoms with Gasteiger partial charge in [-0.1, -0.05) is 24.4 Å². The molecule has 0 amide bonds. The molecule has 0 spiro atoms. The molecule has 0 radical (unpaired) electrons. The summed E-state index contributed by atoms with van der Waals surface area (Å²) in [4.78, 5) is 8.01. The lowest BCUT2D eigenvalue weighted by Crippen LogP contribution is -2.34. The average Bonchev–Trinajstić information content (AvgIpc) is 2.54. The van der Waals surface area contributed by atoms with Gasteiger partial charge < -0.3 is 5.73 Å². The number of aromatic nitrogens is 2. The Balaban J connectivity index is 2.39. The monoisotopic (exact) mass is 197 g/mol. The Morgan fingerprint density at radius 1 is 1.38 bits per heavy atom. The van der Waals surface area contributed by atoms with Gasteiger partial charge in [-0.3, -0.25) is 0 Å². The highest BCUT2D eigenvalue weighted by atomic mass is 35.5. The highest BCUT2D eigenvalue weighted by Crippen LogP contribution is 2.37. The molecule has 1 aliphatic carbocycles. The molecule has 13 heavy (non-hydrogen) atoms. The van der Waals surface area contributed by atoms with E-state index in [-0.39, 0.29) is 5.54 Å². The van der Waals surface area contributed by atoms with Crippen LogP contribution in [0.1, 0.15) is 31.4 Å². The quantitative estimate of drug-likeness (QED) is 0.748. The van der Waals surface area contributed by atoms with E-state index in [9.17, 15) is 0 Å². The van der Waals surface area contributed by atoms with Gasteiger partial charge in [-0.05, 0) is 12.8 Å². The van der Waals surface area contributed by atoms with E-state index in [1.165, 1.54) is 6.33 Å². The molecule has 3 nitrogen and oxygen atoms in total. The number of halogens is 1. The molecule has 1 heterocycles. The number of nitrogens with zero attached hydrogens (tertiary/aromatic N) is 2. The summed E-state index contributed by atoms with van der Waals surface area (Å²) in [6.07, 6.45) is 7.39. The maximum absolute atomic E-state index is 6.21. The van der Waals surface area contributed by atoms with Crippen LogP contribution in [0.25, 0.3) is 0 Å². The van der Waals surface area contributed by atoms with Crippen molar-refractivity contribution >= 4 is 11.6 Å². The van der Waals surface area contributed by atoms with Crippen LogP contribution in [0.15, 0.2) is 12.5 Å². The third kappa shape index (κ3) is 1.54. The van der Waals surface area contributed by atoms with Crippen molar-refractivity contribution in [3.63, 3.8) is 0 Å². The minimum Gasteiger partial charge on any atom is -0.320 e. The second-order valence-electron chi connectivity index (χ2n) is 3.58. The lowest BCUT2D eigenvalue weighted by Gasteiger charge is -2.23. The Hall–Kier alpha value is -0.670. The van der Waals surface area contributed by atoms with Gasteiger partial charge in [0.15, 0.2) is 0 Å². The highest BCUT2D eigenvalue weighted by molar-refractivity contribution is 6.31. The molecule has 1 saturated carbocycles. The van der Waals surface area contributed by atoms with Gasteiger partial charge >= 0.3 is 0 Å². The van der Waals surface area contributed by atoms with Crippen LogP contribution in [0.2, 0.25) is 5.02 Å². The lowest BCUT2D eigenvalue weighted by molar-refractivity contribution is 0.446. The predicted octanol–water partition coefficient (Wildman–Crippen LogP) is 1.86. The Morgan fingerprint density at radius 3 is 2.69 bits per heavy atom. The summed E-state index contributed by atoms with van der Waals surface area (Å²) in [5.41, 5.74) is 6.71. The largest absolute Gasteiger partial charge is 0.320 e. The van der Waals surface area contributed by atoms with Crippen LogP contribution in [0.3, 0.4) is 0 Å². The average molecular weight is 198 g/mol. The topological polar surface area (TPSA) is 51.8 Å². The summed E-state index contributed by atoms with van der Waals surface area (Å²) in [6, 6.07) is 0. The maximum atomic E-state index is 6.21. The molecular formula is C9H12ClN3. The molecule has 0 aliphatic heterocycles. The van der Waals surface area contributed by atoms with Crippen LogP contribution in [-0.2, 0) is 5.54 Å². The molecule has 0 saturated heterocycles. The van der Waals surface area contributed by atoms with Crippen molar-refractivity contribution in [3.8, 4) is 0 Å². The minimum atomic E-state index is -0.306. The molecule has 1 aromatic rings. The van der Waals surface area contributed by atoms with Crippen LogP contribution in [0.4, 0.5) is 0 Å². The van der Waals surface area contributed by atoms with Crippen LogP contribution in [0, 0.1) is 0 Å². The zero-order valence-electron chi connectivity index (χ0n) is 7.33. The zero-order valence-corrected chi connectivity index (χ0v) is 8.09. The first-order valence-electron chi connectivity index (χ1n) is 4.47. The van der Waals surface area contributed by atoms with Gasteiger partial charge in [0.2, 0.25) is 0 Å². The molecule has 4 heteroatoms. The summed E-state index contributed by atoms with van der Waals surface area (Å²) in [7, 11) is 0. The molecule has 0 bridgehead atoms. The second kappa shape index (κ2) is 3.24. The summed E-state index contributed by atoms with van der Waals surface area (Å²) in [5, 5.41) is 0.590. The van der Waals surface area contributed by atoms with Gasteiger partial charge in [-0.15, -0.1) is 0 Å². The summed E-state index contributed by atoms with van der Waals surface area (Å²) >= 11 is 5.99. The number of nitrogens with two attached hydrogens (primary N) is 1. The van der Waals surface area contributed by atoms with Crippen molar-refractivity contribution in [2.75, 3.05) is 0 Å². The first kappa shape index (κ1) is 8.91. The SMILES string of the molecule is NC1(c2ncncc2Cl)CCCC1. The Bertz CT molecular complexity index is 307. The molecule has 0 aromatic carbocycles. The Kier molecular flexibility index (Phi) is 2.22. The van der Waals surface area contributed by atoms with Gasteiger partial charge in [0.25, 0.3) is 0 Å². The molecule has 0 unspecified atom stereocenters.